The number of anilines is 1. The van der Waals surface area contributed by atoms with Gasteiger partial charge in [0, 0.05) is 31.3 Å². The van der Waals surface area contributed by atoms with E-state index in [9.17, 15) is 19.5 Å². The Kier molecular flexibility index (Phi) is 11.8. The topological polar surface area (TPSA) is 154 Å². The molecule has 0 aliphatic carbocycles. The van der Waals surface area contributed by atoms with Crippen molar-refractivity contribution in [1.29, 1.82) is 5.26 Å². The Labute approximate surface area is 356 Å². The molecule has 1 aromatic heterocycles. The third-order valence-electron chi connectivity index (χ3n) is 10.6. The van der Waals surface area contributed by atoms with Gasteiger partial charge >= 0.3 is 5.97 Å². The number of carboxylic acids is 1. The minimum atomic E-state index is -1.19. The molecule has 3 N–H and O–H groups in total. The molecule has 0 fully saturated rings. The Morgan fingerprint density at radius 1 is 0.917 bits per heavy atom. The number of fused-ring (bicyclic) bond motifs is 2. The summed E-state index contributed by atoms with van der Waals surface area (Å²) in [6.07, 6.45) is 1.11. The molecule has 2 unspecified atom stereocenters. The summed E-state index contributed by atoms with van der Waals surface area (Å²) in [7, 11) is 0. The second-order valence-electron chi connectivity index (χ2n) is 14.6. The number of pyridine rings is 1. The number of aromatic nitrogens is 1. The van der Waals surface area contributed by atoms with Crippen molar-refractivity contribution in [3.8, 4) is 28.7 Å². The molecule has 6 aromatic rings. The van der Waals surface area contributed by atoms with Crippen LogP contribution in [0.5, 0.6) is 11.5 Å². The minimum Gasteiger partial charge on any atom is -0.489 e. The van der Waals surface area contributed by atoms with Gasteiger partial charge in [-0.2, -0.15) is 5.26 Å². The Hall–Kier alpha value is -6.71. The minimum absolute atomic E-state index is 0.0742. The normalized spacial score (nSPS) is 16.2. The van der Waals surface area contributed by atoms with Crippen LogP contribution in [0.1, 0.15) is 45.2 Å². The maximum absolute atomic E-state index is 14.1. The fourth-order valence-corrected chi connectivity index (χ4v) is 7.72. The van der Waals surface area contributed by atoms with E-state index < -0.39 is 30.1 Å². The summed E-state index contributed by atoms with van der Waals surface area (Å²) in [6.45, 7) is 0.967. The molecule has 0 saturated carbocycles. The van der Waals surface area contributed by atoms with Crippen molar-refractivity contribution in [3.63, 3.8) is 0 Å². The van der Waals surface area contributed by atoms with Crippen LogP contribution < -0.4 is 20.1 Å². The van der Waals surface area contributed by atoms with Crippen LogP contribution in [0.3, 0.4) is 0 Å². The van der Waals surface area contributed by atoms with E-state index in [-0.39, 0.29) is 25.4 Å². The lowest BCUT2D eigenvalue weighted by Gasteiger charge is -2.37. The van der Waals surface area contributed by atoms with E-state index >= 15 is 0 Å². The number of nitriles is 1. The van der Waals surface area contributed by atoms with Gasteiger partial charge in [0.25, 0.3) is 5.91 Å². The number of rotatable bonds is 12. The van der Waals surface area contributed by atoms with Gasteiger partial charge in [0.15, 0.2) is 0 Å². The first-order valence-electron chi connectivity index (χ1n) is 19.2. The Bertz CT molecular complexity index is 2600. The molecular formula is C47H37Cl2N5O6. The van der Waals surface area contributed by atoms with Gasteiger partial charge in [0.05, 0.1) is 39.1 Å². The summed E-state index contributed by atoms with van der Waals surface area (Å²) in [6, 6.07) is 36.6. The predicted octanol–water partition coefficient (Wildman–Crippen LogP) is 8.32. The summed E-state index contributed by atoms with van der Waals surface area (Å²) in [5.41, 5.74) is 7.63. The zero-order valence-corrected chi connectivity index (χ0v) is 33.5. The first-order chi connectivity index (χ1) is 29.1. The van der Waals surface area contributed by atoms with Gasteiger partial charge in [-0.3, -0.25) is 19.5 Å². The van der Waals surface area contributed by atoms with Crippen LogP contribution in [0, 0.1) is 11.3 Å². The predicted molar refractivity (Wildman–Crippen MR) is 227 cm³/mol. The third-order valence-corrected chi connectivity index (χ3v) is 11.3. The van der Waals surface area contributed by atoms with Crippen molar-refractivity contribution < 1.29 is 29.0 Å². The molecule has 8 rings (SSSR count). The van der Waals surface area contributed by atoms with E-state index in [1.165, 1.54) is 0 Å². The average molecular weight is 839 g/mol. The standard InChI is InChI=1S/C47H37Cl2N5O6/c48-38-17-8-30(19-39(38)49)27-59-37-15-13-33(14-16-37)44-46(56)52-40-21-34-22-42(54(25-35(34)23-43(40)60-44)26-36-3-1-2-18-51-36)45(55)53-41(47(57)58)20-28-4-9-31(10-5-28)32-11-6-29(24-50)7-12-32/h1-19,21,23,41-42,44H,20,22,25-27H2,(H,52,56)(H,53,55)(H,57,58)/t41-,42?,44?/m0/s1. The van der Waals surface area contributed by atoms with Gasteiger partial charge in [-0.05, 0) is 100 Å². The highest BCUT2D eigenvalue weighted by molar-refractivity contribution is 6.42. The van der Waals surface area contributed by atoms with Crippen molar-refractivity contribution in [3.05, 3.63) is 177 Å². The Balaban J connectivity index is 0.972. The fraction of sp³-hybridized carbons (Fsp3) is 0.170. The summed E-state index contributed by atoms with van der Waals surface area (Å²) in [4.78, 5) is 46.6. The zero-order valence-electron chi connectivity index (χ0n) is 32.0. The lowest BCUT2D eigenvalue weighted by atomic mass is 9.91. The molecule has 0 bridgehead atoms. The van der Waals surface area contributed by atoms with Crippen molar-refractivity contribution in [2.45, 2.75) is 50.7 Å². The SMILES string of the molecule is N#Cc1ccc(-c2ccc(C[C@H](NC(=O)C3Cc4cc5c(cc4CN3Cc3ccccn3)OC(c3ccc(OCc4ccc(Cl)c(Cl)c4)cc3)C(=O)N5)C(=O)O)cc2)cc1. The molecule has 0 spiro atoms. The molecule has 11 nitrogen and oxygen atoms in total. The molecular weight excluding hydrogens is 801 g/mol. The van der Waals surface area contributed by atoms with E-state index in [0.717, 1.165) is 39.1 Å². The van der Waals surface area contributed by atoms with Crippen LogP contribution >= 0.6 is 23.2 Å². The van der Waals surface area contributed by atoms with E-state index in [4.69, 9.17) is 37.9 Å². The average Bonchev–Trinajstić information content (AvgIpc) is 3.26. The summed E-state index contributed by atoms with van der Waals surface area (Å²) >= 11 is 12.2. The number of hydrogen-bond donors (Lipinski definition) is 3. The number of carboxylic acid groups (broad SMARTS) is 1. The quantitative estimate of drug-likeness (QED) is 0.110. The maximum atomic E-state index is 14.1. The van der Waals surface area contributed by atoms with Crippen LogP contribution in [0.4, 0.5) is 5.69 Å². The number of carbonyl (C=O) groups is 3. The van der Waals surface area contributed by atoms with Gasteiger partial charge in [0.1, 0.15) is 24.1 Å². The van der Waals surface area contributed by atoms with Gasteiger partial charge in [0.2, 0.25) is 12.0 Å². The highest BCUT2D eigenvalue weighted by Gasteiger charge is 2.37. The second kappa shape index (κ2) is 17.6. The van der Waals surface area contributed by atoms with Gasteiger partial charge < -0.3 is 25.2 Å². The number of aliphatic carboxylic acids is 1. The van der Waals surface area contributed by atoms with Gasteiger partial charge in [-0.1, -0.05) is 83.9 Å². The van der Waals surface area contributed by atoms with Crippen LogP contribution in [-0.4, -0.2) is 44.9 Å². The first kappa shape index (κ1) is 40.1. The molecule has 13 heteroatoms. The van der Waals surface area contributed by atoms with Crippen molar-refractivity contribution in [2.24, 2.45) is 0 Å². The zero-order chi connectivity index (χ0) is 41.8. The van der Waals surface area contributed by atoms with E-state index in [2.05, 4.69) is 21.7 Å². The van der Waals surface area contributed by atoms with Gasteiger partial charge in [-0.25, -0.2) is 4.79 Å². The number of ether oxygens (including phenoxy) is 2. The molecule has 0 saturated heterocycles. The number of halogens is 2. The summed E-state index contributed by atoms with van der Waals surface area (Å²) < 4.78 is 12.2. The number of nitrogens with zero attached hydrogens (tertiary/aromatic N) is 3. The second-order valence-corrected chi connectivity index (χ2v) is 15.5. The number of hydrogen-bond acceptors (Lipinski definition) is 8. The molecule has 60 heavy (non-hydrogen) atoms. The molecule has 5 aromatic carbocycles. The van der Waals surface area contributed by atoms with E-state index in [1.807, 2.05) is 77.7 Å². The largest absolute Gasteiger partial charge is 0.489 e. The molecule has 3 atom stereocenters. The summed E-state index contributed by atoms with van der Waals surface area (Å²) in [5.74, 6) is -0.828. The lowest BCUT2D eigenvalue weighted by Crippen LogP contribution is -2.54. The van der Waals surface area contributed by atoms with E-state index in [1.54, 1.807) is 54.7 Å². The molecule has 2 aliphatic rings. The van der Waals surface area contributed by atoms with Crippen LogP contribution in [0.2, 0.25) is 10.0 Å². The van der Waals surface area contributed by atoms with Gasteiger partial charge in [-0.15, -0.1) is 0 Å². The molecule has 2 amide bonds. The Morgan fingerprint density at radius 2 is 1.65 bits per heavy atom. The maximum Gasteiger partial charge on any atom is 0.326 e. The molecule has 300 valence electrons. The molecule has 0 radical (unpaired) electrons. The first-order valence-corrected chi connectivity index (χ1v) is 19.9. The van der Waals surface area contributed by atoms with Crippen LogP contribution in [0.25, 0.3) is 11.1 Å². The number of amides is 2. The number of nitrogens with one attached hydrogen (secondary N) is 2. The number of benzene rings is 5. The highest BCUT2D eigenvalue weighted by atomic mass is 35.5. The van der Waals surface area contributed by atoms with Crippen molar-refractivity contribution in [2.75, 3.05) is 5.32 Å². The Morgan fingerprint density at radius 3 is 2.33 bits per heavy atom. The summed E-state index contributed by atoms with van der Waals surface area (Å²) in [5, 5.41) is 26.1. The molecule has 2 aliphatic heterocycles. The third kappa shape index (κ3) is 9.12. The highest BCUT2D eigenvalue weighted by Crippen LogP contribution is 2.40. The van der Waals surface area contributed by atoms with Crippen molar-refractivity contribution >= 4 is 46.7 Å². The van der Waals surface area contributed by atoms with Crippen LogP contribution in [-0.2, 0) is 46.9 Å². The van der Waals surface area contributed by atoms with Crippen LogP contribution in [0.15, 0.2) is 128 Å². The lowest BCUT2D eigenvalue weighted by molar-refractivity contribution is -0.142. The fourth-order valence-electron chi connectivity index (χ4n) is 7.40. The molecule has 3 heterocycles. The van der Waals surface area contributed by atoms with Crippen molar-refractivity contribution in [1.82, 2.24) is 15.2 Å². The van der Waals surface area contributed by atoms with E-state index in [0.29, 0.717) is 51.4 Å². The monoisotopic (exact) mass is 837 g/mol. The number of carbonyl (C=O) groups excluding carboxylic acids is 2. The smallest absolute Gasteiger partial charge is 0.326 e.